The average molecular weight is 288 g/mol. The molecule has 1 aliphatic rings. The van der Waals surface area contributed by atoms with Crippen LogP contribution < -0.4 is 5.32 Å². The number of amides is 1. The van der Waals surface area contributed by atoms with E-state index in [-0.39, 0.29) is 11.4 Å². The summed E-state index contributed by atoms with van der Waals surface area (Å²) in [5.41, 5.74) is 0.429. The van der Waals surface area contributed by atoms with Gasteiger partial charge < -0.3 is 5.32 Å². The van der Waals surface area contributed by atoms with Gasteiger partial charge >= 0.3 is 0 Å². The Morgan fingerprint density at radius 3 is 3.00 bits per heavy atom. The lowest BCUT2D eigenvalue weighted by molar-refractivity contribution is 0.0870. The van der Waals surface area contributed by atoms with E-state index in [4.69, 9.17) is 11.6 Å². The molecule has 1 aliphatic carbocycles. The van der Waals surface area contributed by atoms with Crippen molar-refractivity contribution in [2.45, 2.75) is 45.1 Å². The van der Waals surface area contributed by atoms with Gasteiger partial charge in [-0.15, -0.1) is 16.7 Å². The topological polar surface area (TPSA) is 54.9 Å². The van der Waals surface area contributed by atoms with Gasteiger partial charge in [-0.3, -0.25) is 4.79 Å². The SMILES string of the molecule is Cc1nnsc1C(=O)NC1(CCl)CCCC(C)C1. The van der Waals surface area contributed by atoms with Gasteiger partial charge in [0, 0.05) is 5.88 Å². The molecule has 1 aromatic rings. The number of carbonyl (C=O) groups excluding carboxylic acids is 1. The summed E-state index contributed by atoms with van der Waals surface area (Å²) in [5.74, 6) is 0.990. The summed E-state index contributed by atoms with van der Waals surface area (Å²) < 4.78 is 3.80. The van der Waals surface area contributed by atoms with Crippen molar-refractivity contribution in [3.63, 3.8) is 0 Å². The predicted molar refractivity (Wildman–Crippen MR) is 73.2 cm³/mol. The van der Waals surface area contributed by atoms with Crippen molar-refractivity contribution in [2.75, 3.05) is 5.88 Å². The van der Waals surface area contributed by atoms with Crippen LogP contribution in [0.15, 0.2) is 0 Å². The highest BCUT2D eigenvalue weighted by Gasteiger charge is 2.36. The van der Waals surface area contributed by atoms with Crippen molar-refractivity contribution in [3.8, 4) is 0 Å². The van der Waals surface area contributed by atoms with Crippen LogP contribution in [0.25, 0.3) is 0 Å². The number of alkyl halides is 1. The molecule has 1 N–H and O–H groups in total. The number of aromatic nitrogens is 2. The zero-order chi connectivity index (χ0) is 13.2. The number of hydrogen-bond donors (Lipinski definition) is 1. The molecule has 18 heavy (non-hydrogen) atoms. The molecule has 4 nitrogen and oxygen atoms in total. The number of aryl methyl sites for hydroxylation is 1. The summed E-state index contributed by atoms with van der Waals surface area (Å²) in [7, 11) is 0. The Hall–Kier alpha value is -0.680. The summed E-state index contributed by atoms with van der Waals surface area (Å²) in [4.78, 5) is 12.8. The van der Waals surface area contributed by atoms with Crippen LogP contribution in [0.3, 0.4) is 0 Å². The zero-order valence-corrected chi connectivity index (χ0v) is 12.3. The molecule has 100 valence electrons. The standard InChI is InChI=1S/C12H18ClN3OS/c1-8-4-3-5-12(6-8,7-13)14-11(17)10-9(2)15-16-18-10/h8H,3-7H2,1-2H3,(H,14,17). The molecule has 0 bridgehead atoms. The Morgan fingerprint density at radius 2 is 2.44 bits per heavy atom. The molecule has 6 heteroatoms. The zero-order valence-electron chi connectivity index (χ0n) is 10.7. The van der Waals surface area contributed by atoms with Gasteiger partial charge in [0.05, 0.1) is 11.2 Å². The third-order valence-corrected chi connectivity index (χ3v) is 4.92. The van der Waals surface area contributed by atoms with Crippen molar-refractivity contribution in [3.05, 3.63) is 10.6 Å². The number of nitrogens with zero attached hydrogens (tertiary/aromatic N) is 2. The maximum atomic E-state index is 12.2. The third-order valence-electron chi connectivity index (χ3n) is 3.58. The van der Waals surface area contributed by atoms with Gasteiger partial charge in [-0.2, -0.15) is 0 Å². The molecule has 1 saturated carbocycles. The number of hydrogen-bond acceptors (Lipinski definition) is 4. The Labute approximate surface area is 116 Å². The van der Waals surface area contributed by atoms with Crippen LogP contribution in [0.4, 0.5) is 0 Å². The molecule has 0 saturated heterocycles. The lowest BCUT2D eigenvalue weighted by Crippen LogP contribution is -2.52. The number of halogens is 1. The predicted octanol–water partition coefficient (Wildman–Crippen LogP) is 2.76. The molecule has 0 aliphatic heterocycles. The molecule has 0 aromatic carbocycles. The van der Waals surface area contributed by atoms with Crippen LogP contribution in [0, 0.1) is 12.8 Å². The van der Waals surface area contributed by atoms with Gasteiger partial charge in [-0.25, -0.2) is 0 Å². The fourth-order valence-electron chi connectivity index (χ4n) is 2.67. The van der Waals surface area contributed by atoms with E-state index in [1.54, 1.807) is 6.92 Å². The van der Waals surface area contributed by atoms with E-state index in [2.05, 4.69) is 21.8 Å². The smallest absolute Gasteiger partial charge is 0.265 e. The van der Waals surface area contributed by atoms with E-state index in [0.717, 1.165) is 30.8 Å². The fraction of sp³-hybridized carbons (Fsp3) is 0.750. The van der Waals surface area contributed by atoms with E-state index >= 15 is 0 Å². The minimum atomic E-state index is -0.257. The van der Waals surface area contributed by atoms with Crippen molar-refractivity contribution in [2.24, 2.45) is 5.92 Å². The van der Waals surface area contributed by atoms with Gasteiger partial charge in [0.1, 0.15) is 4.88 Å². The summed E-state index contributed by atoms with van der Waals surface area (Å²) in [6.45, 7) is 4.02. The quantitative estimate of drug-likeness (QED) is 0.870. The first-order valence-corrected chi connectivity index (χ1v) is 7.54. The van der Waals surface area contributed by atoms with Crippen LogP contribution in [0.5, 0.6) is 0 Å². The maximum absolute atomic E-state index is 12.2. The van der Waals surface area contributed by atoms with E-state index < -0.39 is 0 Å². The highest BCUT2D eigenvalue weighted by Crippen LogP contribution is 2.33. The van der Waals surface area contributed by atoms with E-state index in [1.165, 1.54) is 6.42 Å². The molecular weight excluding hydrogens is 270 g/mol. The fourth-order valence-corrected chi connectivity index (χ4v) is 3.53. The Balaban J connectivity index is 2.11. The van der Waals surface area contributed by atoms with Gasteiger partial charge in [0.15, 0.2) is 0 Å². The van der Waals surface area contributed by atoms with E-state index in [9.17, 15) is 4.79 Å². The largest absolute Gasteiger partial charge is 0.345 e. The second-order valence-electron chi connectivity index (χ2n) is 5.26. The lowest BCUT2D eigenvalue weighted by atomic mass is 9.77. The summed E-state index contributed by atoms with van der Waals surface area (Å²) in [5, 5.41) is 6.98. The number of nitrogens with one attached hydrogen (secondary N) is 1. The summed E-state index contributed by atoms with van der Waals surface area (Å²) in [6, 6.07) is 0. The molecule has 1 amide bonds. The molecular formula is C12H18ClN3OS. The second kappa shape index (κ2) is 5.53. The number of rotatable bonds is 3. The normalized spacial score (nSPS) is 28.1. The second-order valence-corrected chi connectivity index (χ2v) is 6.28. The van der Waals surface area contributed by atoms with Crippen molar-refractivity contribution in [1.82, 2.24) is 14.9 Å². The molecule has 0 spiro atoms. The van der Waals surface area contributed by atoms with E-state index in [0.29, 0.717) is 22.4 Å². The highest BCUT2D eigenvalue weighted by atomic mass is 35.5. The Morgan fingerprint density at radius 1 is 1.67 bits per heavy atom. The molecule has 2 rings (SSSR count). The van der Waals surface area contributed by atoms with Crippen LogP contribution in [-0.4, -0.2) is 26.9 Å². The van der Waals surface area contributed by atoms with Crippen molar-refractivity contribution >= 4 is 29.0 Å². The Bertz CT molecular complexity index is 437. The first-order valence-electron chi connectivity index (χ1n) is 6.24. The van der Waals surface area contributed by atoms with Crippen molar-refractivity contribution in [1.29, 1.82) is 0 Å². The molecule has 1 heterocycles. The first-order chi connectivity index (χ1) is 8.56. The van der Waals surface area contributed by atoms with E-state index in [1.807, 2.05) is 0 Å². The number of carbonyl (C=O) groups is 1. The minimum absolute atomic E-state index is 0.0859. The molecule has 2 unspecified atom stereocenters. The van der Waals surface area contributed by atoms with Crippen LogP contribution in [0.1, 0.15) is 48.0 Å². The maximum Gasteiger partial charge on any atom is 0.265 e. The summed E-state index contributed by atoms with van der Waals surface area (Å²) in [6.07, 6.45) is 4.25. The van der Waals surface area contributed by atoms with Gasteiger partial charge in [0.25, 0.3) is 5.91 Å². The van der Waals surface area contributed by atoms with Crippen LogP contribution in [0.2, 0.25) is 0 Å². The highest BCUT2D eigenvalue weighted by molar-refractivity contribution is 7.08. The molecule has 1 aromatic heterocycles. The van der Waals surface area contributed by atoms with Crippen LogP contribution in [-0.2, 0) is 0 Å². The average Bonchev–Trinajstić information content (AvgIpc) is 2.75. The Kier molecular flexibility index (Phi) is 4.22. The summed E-state index contributed by atoms with van der Waals surface area (Å²) >= 11 is 7.25. The molecule has 1 fully saturated rings. The molecule has 0 radical (unpaired) electrons. The van der Waals surface area contributed by atoms with Gasteiger partial charge in [-0.1, -0.05) is 24.3 Å². The minimum Gasteiger partial charge on any atom is -0.345 e. The lowest BCUT2D eigenvalue weighted by Gasteiger charge is -2.39. The van der Waals surface area contributed by atoms with Crippen LogP contribution >= 0.6 is 23.1 Å². The monoisotopic (exact) mass is 287 g/mol. The molecule has 2 atom stereocenters. The van der Waals surface area contributed by atoms with Gasteiger partial charge in [-0.05, 0) is 37.2 Å². The third kappa shape index (κ3) is 2.83. The van der Waals surface area contributed by atoms with Gasteiger partial charge in [0.2, 0.25) is 0 Å². The van der Waals surface area contributed by atoms with Crippen molar-refractivity contribution < 1.29 is 4.79 Å². The first kappa shape index (κ1) is 13.7.